The van der Waals surface area contributed by atoms with Crippen molar-refractivity contribution in [1.29, 1.82) is 0 Å². The first-order valence-electron chi connectivity index (χ1n) is 12.9. The van der Waals surface area contributed by atoms with Crippen molar-refractivity contribution in [2.75, 3.05) is 26.9 Å². The predicted molar refractivity (Wildman–Crippen MR) is 138 cm³/mol. The number of benzene rings is 2. The number of phenols is 1. The molecule has 0 bridgehead atoms. The van der Waals surface area contributed by atoms with Crippen LogP contribution in [0.3, 0.4) is 0 Å². The van der Waals surface area contributed by atoms with Crippen LogP contribution in [0, 0.1) is 5.92 Å². The molecule has 2 aliphatic heterocycles. The van der Waals surface area contributed by atoms with E-state index in [1.54, 1.807) is 25.3 Å². The average Bonchev–Trinajstić information content (AvgIpc) is 2.91. The van der Waals surface area contributed by atoms with Gasteiger partial charge in [-0.25, -0.2) is 4.79 Å². The first-order valence-corrected chi connectivity index (χ1v) is 12.9. The zero-order valence-electron chi connectivity index (χ0n) is 21.3. The lowest BCUT2D eigenvalue weighted by Crippen LogP contribution is -2.36. The molecule has 1 aliphatic carbocycles. The van der Waals surface area contributed by atoms with Gasteiger partial charge < -0.3 is 24.6 Å². The molecule has 2 N–H and O–H groups in total. The number of hydrogen-bond donors (Lipinski definition) is 2. The molecular formula is C30H33NO6. The highest BCUT2D eigenvalue weighted by Gasteiger charge is 2.42. The number of esters is 1. The summed E-state index contributed by atoms with van der Waals surface area (Å²) >= 11 is 0. The second kappa shape index (κ2) is 10.8. The fraction of sp³-hybridized carbons (Fsp3) is 0.400. The Bertz CT molecular complexity index is 1260. The quantitative estimate of drug-likeness (QED) is 0.551. The summed E-state index contributed by atoms with van der Waals surface area (Å²) in [6.45, 7) is 3.52. The third kappa shape index (κ3) is 5.14. The van der Waals surface area contributed by atoms with Gasteiger partial charge in [0.15, 0.2) is 5.78 Å². The van der Waals surface area contributed by atoms with Crippen molar-refractivity contribution in [3.8, 4) is 11.5 Å². The molecule has 194 valence electrons. The van der Waals surface area contributed by atoms with Crippen LogP contribution in [0.1, 0.15) is 55.6 Å². The maximum Gasteiger partial charge on any atom is 0.336 e. The van der Waals surface area contributed by atoms with Gasteiger partial charge >= 0.3 is 5.97 Å². The lowest BCUT2D eigenvalue weighted by Gasteiger charge is -2.37. The SMILES string of the molecule is COc1ccccc1C1CC(=O)C2=C(C1)NC(C)=C(C(=O)OCC1CCOCC1)C2c1cccc(O)c1. The summed E-state index contributed by atoms with van der Waals surface area (Å²) in [7, 11) is 1.63. The van der Waals surface area contributed by atoms with Crippen molar-refractivity contribution in [3.05, 3.63) is 82.2 Å². The van der Waals surface area contributed by atoms with E-state index in [-0.39, 0.29) is 23.4 Å². The van der Waals surface area contributed by atoms with Gasteiger partial charge in [0.2, 0.25) is 0 Å². The van der Waals surface area contributed by atoms with Crippen LogP contribution in [0.15, 0.2) is 71.1 Å². The molecule has 1 fully saturated rings. The Morgan fingerprint density at radius 1 is 1.11 bits per heavy atom. The van der Waals surface area contributed by atoms with Crippen molar-refractivity contribution in [2.24, 2.45) is 5.92 Å². The summed E-state index contributed by atoms with van der Waals surface area (Å²) < 4.78 is 16.8. The van der Waals surface area contributed by atoms with Crippen LogP contribution in [0.25, 0.3) is 0 Å². The molecule has 37 heavy (non-hydrogen) atoms. The molecule has 5 rings (SSSR count). The van der Waals surface area contributed by atoms with Gasteiger partial charge in [-0.3, -0.25) is 4.79 Å². The largest absolute Gasteiger partial charge is 0.508 e. The van der Waals surface area contributed by atoms with Gasteiger partial charge in [0.1, 0.15) is 11.5 Å². The van der Waals surface area contributed by atoms with Gasteiger partial charge in [-0.05, 0) is 61.4 Å². The molecule has 0 saturated carbocycles. The molecule has 2 unspecified atom stereocenters. The van der Waals surface area contributed by atoms with E-state index in [1.807, 2.05) is 37.3 Å². The molecule has 2 atom stereocenters. The van der Waals surface area contributed by atoms with E-state index >= 15 is 0 Å². The second-order valence-corrected chi connectivity index (χ2v) is 10.0. The van der Waals surface area contributed by atoms with E-state index in [9.17, 15) is 14.7 Å². The highest BCUT2D eigenvalue weighted by Crippen LogP contribution is 2.47. The second-order valence-electron chi connectivity index (χ2n) is 10.0. The number of rotatable bonds is 6. The Labute approximate surface area is 217 Å². The molecule has 2 aromatic rings. The third-order valence-corrected chi connectivity index (χ3v) is 7.62. The highest BCUT2D eigenvalue weighted by atomic mass is 16.5. The van der Waals surface area contributed by atoms with E-state index in [2.05, 4.69) is 5.32 Å². The third-order valence-electron chi connectivity index (χ3n) is 7.62. The number of ketones is 1. The molecule has 2 heterocycles. The van der Waals surface area contributed by atoms with Gasteiger partial charge in [0.05, 0.1) is 19.3 Å². The van der Waals surface area contributed by atoms with Crippen LogP contribution >= 0.6 is 0 Å². The zero-order chi connectivity index (χ0) is 25.9. The summed E-state index contributed by atoms with van der Waals surface area (Å²) in [5, 5.41) is 13.6. The molecule has 7 nitrogen and oxygen atoms in total. The van der Waals surface area contributed by atoms with Crippen LogP contribution in [0.2, 0.25) is 0 Å². The van der Waals surface area contributed by atoms with Gasteiger partial charge in [0, 0.05) is 48.4 Å². The summed E-state index contributed by atoms with van der Waals surface area (Å²) in [6, 6.07) is 14.6. The van der Waals surface area contributed by atoms with Gasteiger partial charge in [-0.15, -0.1) is 0 Å². The minimum Gasteiger partial charge on any atom is -0.508 e. The van der Waals surface area contributed by atoms with Gasteiger partial charge in [-0.2, -0.15) is 0 Å². The van der Waals surface area contributed by atoms with Gasteiger partial charge in [0.25, 0.3) is 0 Å². The van der Waals surface area contributed by atoms with Gasteiger partial charge in [-0.1, -0.05) is 30.3 Å². The van der Waals surface area contributed by atoms with E-state index < -0.39 is 11.9 Å². The minimum atomic E-state index is -0.614. The van der Waals surface area contributed by atoms with E-state index in [0.29, 0.717) is 55.1 Å². The molecule has 2 aromatic carbocycles. The number of carbonyl (C=O) groups excluding carboxylic acids is 2. The topological polar surface area (TPSA) is 94.1 Å². The van der Waals surface area contributed by atoms with Crippen molar-refractivity contribution in [3.63, 3.8) is 0 Å². The number of dihydropyridines is 1. The smallest absolute Gasteiger partial charge is 0.336 e. The van der Waals surface area contributed by atoms with E-state index in [0.717, 1.165) is 29.9 Å². The summed E-state index contributed by atoms with van der Waals surface area (Å²) in [5.74, 6) is -0.0141. The molecule has 0 spiro atoms. The number of Topliss-reactive ketones (excluding diaryl/α,β-unsaturated/α-hetero) is 1. The van der Waals surface area contributed by atoms with Crippen molar-refractivity contribution < 1.29 is 28.9 Å². The first kappa shape index (κ1) is 25.1. The Morgan fingerprint density at radius 2 is 1.89 bits per heavy atom. The van der Waals surface area contributed by atoms with Crippen LogP contribution in [0.5, 0.6) is 11.5 Å². The molecule has 0 radical (unpaired) electrons. The molecular weight excluding hydrogens is 470 g/mol. The number of allylic oxidation sites excluding steroid dienone is 3. The highest BCUT2D eigenvalue weighted by molar-refractivity contribution is 6.04. The number of nitrogens with one attached hydrogen (secondary N) is 1. The molecule has 0 amide bonds. The van der Waals surface area contributed by atoms with Crippen LogP contribution < -0.4 is 10.1 Å². The van der Waals surface area contributed by atoms with E-state index in [4.69, 9.17) is 14.2 Å². The minimum absolute atomic E-state index is 0.0276. The monoisotopic (exact) mass is 503 g/mol. The Hall–Kier alpha value is -3.58. The number of phenolic OH excluding ortho intramolecular Hbond substituents is 1. The fourth-order valence-electron chi connectivity index (χ4n) is 5.76. The number of ether oxygens (including phenoxy) is 3. The Balaban J connectivity index is 1.49. The molecule has 1 saturated heterocycles. The molecule has 3 aliphatic rings. The van der Waals surface area contributed by atoms with Crippen LogP contribution in [0.4, 0.5) is 0 Å². The Kier molecular flexibility index (Phi) is 7.33. The number of aromatic hydroxyl groups is 1. The summed E-state index contributed by atoms with van der Waals surface area (Å²) in [4.78, 5) is 27.3. The zero-order valence-corrected chi connectivity index (χ0v) is 21.3. The van der Waals surface area contributed by atoms with E-state index in [1.165, 1.54) is 0 Å². The predicted octanol–water partition coefficient (Wildman–Crippen LogP) is 4.73. The summed E-state index contributed by atoms with van der Waals surface area (Å²) in [6.07, 6.45) is 2.63. The summed E-state index contributed by atoms with van der Waals surface area (Å²) in [5.41, 5.74) is 4.14. The Morgan fingerprint density at radius 3 is 2.65 bits per heavy atom. The van der Waals surface area contributed by atoms with Crippen molar-refractivity contribution in [1.82, 2.24) is 5.32 Å². The van der Waals surface area contributed by atoms with Crippen molar-refractivity contribution >= 4 is 11.8 Å². The maximum absolute atomic E-state index is 13.8. The van der Waals surface area contributed by atoms with Crippen LogP contribution in [-0.2, 0) is 19.1 Å². The fourth-order valence-corrected chi connectivity index (χ4v) is 5.76. The number of para-hydroxylation sites is 1. The molecule has 0 aromatic heterocycles. The lowest BCUT2D eigenvalue weighted by molar-refractivity contribution is -0.141. The normalized spacial score (nSPS) is 22.4. The maximum atomic E-state index is 13.8. The first-order chi connectivity index (χ1) is 18.0. The number of methoxy groups -OCH3 is 1. The number of hydrogen-bond acceptors (Lipinski definition) is 7. The standard InChI is InChI=1S/C30H33NO6/c1-18-27(30(34)37-17-19-10-12-36-13-11-19)28(20-6-5-7-22(32)14-20)29-24(31-18)15-21(16-25(29)33)23-8-3-4-9-26(23)35-2/h3-9,14,19,21,28,31-32H,10-13,15-17H2,1-2H3. The number of carbonyl (C=O) groups is 2. The average molecular weight is 504 g/mol. The lowest BCUT2D eigenvalue weighted by atomic mass is 9.71. The van der Waals surface area contributed by atoms with Crippen molar-refractivity contribution in [2.45, 2.75) is 44.4 Å². The molecule has 7 heteroatoms. The van der Waals surface area contributed by atoms with Crippen LogP contribution in [-0.4, -0.2) is 43.8 Å².